The van der Waals surface area contributed by atoms with Gasteiger partial charge in [-0.25, -0.2) is 4.98 Å². The highest BCUT2D eigenvalue weighted by Crippen LogP contribution is 2.27. The Kier molecular flexibility index (Phi) is 6.09. The summed E-state index contributed by atoms with van der Waals surface area (Å²) in [6, 6.07) is 6.15. The molecule has 0 fully saturated rings. The van der Waals surface area contributed by atoms with Crippen LogP contribution in [0.3, 0.4) is 0 Å². The second kappa shape index (κ2) is 8.05. The SMILES string of the molecule is O=C(CCCCl)Nc1nc(-c2ccc(OC(F)F)cc2)cs1. The number of rotatable bonds is 7. The fraction of sp³-hybridized carbons (Fsp3) is 0.286. The van der Waals surface area contributed by atoms with Crippen LogP contribution in [-0.2, 0) is 4.79 Å². The van der Waals surface area contributed by atoms with E-state index in [2.05, 4.69) is 15.0 Å². The van der Waals surface area contributed by atoms with E-state index in [1.165, 1.54) is 23.5 Å². The van der Waals surface area contributed by atoms with Crippen LogP contribution in [0.1, 0.15) is 12.8 Å². The summed E-state index contributed by atoms with van der Waals surface area (Å²) < 4.78 is 28.4. The van der Waals surface area contributed by atoms with E-state index in [0.29, 0.717) is 29.5 Å². The Labute approximate surface area is 135 Å². The van der Waals surface area contributed by atoms with Crippen molar-refractivity contribution >= 4 is 34.0 Å². The first kappa shape index (κ1) is 16.6. The number of benzene rings is 1. The monoisotopic (exact) mass is 346 g/mol. The third-order valence-corrected chi connectivity index (χ3v) is 3.69. The number of thiazole rings is 1. The second-order valence-corrected chi connectivity index (χ2v) is 5.52. The van der Waals surface area contributed by atoms with Gasteiger partial charge < -0.3 is 10.1 Å². The van der Waals surface area contributed by atoms with Crippen molar-refractivity contribution in [3.8, 4) is 17.0 Å². The number of hydrogen-bond donors (Lipinski definition) is 1. The Morgan fingerprint density at radius 3 is 2.73 bits per heavy atom. The maximum absolute atomic E-state index is 12.1. The predicted octanol–water partition coefficient (Wildman–Crippen LogP) is 4.37. The van der Waals surface area contributed by atoms with Crippen molar-refractivity contribution in [1.82, 2.24) is 4.98 Å². The van der Waals surface area contributed by atoms with Crippen molar-refractivity contribution in [2.24, 2.45) is 0 Å². The van der Waals surface area contributed by atoms with Gasteiger partial charge >= 0.3 is 6.61 Å². The van der Waals surface area contributed by atoms with Gasteiger partial charge in [0.05, 0.1) is 5.69 Å². The van der Waals surface area contributed by atoms with Gasteiger partial charge in [0.2, 0.25) is 5.91 Å². The number of anilines is 1. The number of ether oxygens (including phenoxy) is 1. The number of aromatic nitrogens is 1. The molecule has 1 aromatic carbocycles. The first-order valence-electron chi connectivity index (χ1n) is 6.45. The summed E-state index contributed by atoms with van der Waals surface area (Å²) in [4.78, 5) is 15.9. The molecular weight excluding hydrogens is 334 g/mol. The van der Waals surface area contributed by atoms with E-state index in [9.17, 15) is 13.6 Å². The van der Waals surface area contributed by atoms with Crippen molar-refractivity contribution in [3.05, 3.63) is 29.6 Å². The number of carbonyl (C=O) groups excluding carboxylic acids is 1. The molecule has 22 heavy (non-hydrogen) atoms. The Balaban J connectivity index is 2.00. The summed E-state index contributed by atoms with van der Waals surface area (Å²) >= 11 is 6.82. The van der Waals surface area contributed by atoms with E-state index in [1.807, 2.05) is 0 Å². The van der Waals surface area contributed by atoms with Gasteiger partial charge in [0.1, 0.15) is 5.75 Å². The van der Waals surface area contributed by atoms with Crippen LogP contribution in [0.25, 0.3) is 11.3 Å². The molecule has 0 aliphatic carbocycles. The van der Waals surface area contributed by atoms with Crippen LogP contribution in [0.2, 0.25) is 0 Å². The fourth-order valence-corrected chi connectivity index (χ4v) is 2.55. The first-order chi connectivity index (χ1) is 10.6. The summed E-state index contributed by atoms with van der Waals surface area (Å²) in [6.45, 7) is -2.85. The zero-order valence-corrected chi connectivity index (χ0v) is 13.0. The van der Waals surface area contributed by atoms with E-state index in [0.717, 1.165) is 5.56 Å². The second-order valence-electron chi connectivity index (χ2n) is 4.28. The van der Waals surface area contributed by atoms with E-state index >= 15 is 0 Å². The highest BCUT2D eigenvalue weighted by Gasteiger charge is 2.09. The minimum Gasteiger partial charge on any atom is -0.435 e. The molecule has 1 amide bonds. The van der Waals surface area contributed by atoms with Gasteiger partial charge in [-0.1, -0.05) is 0 Å². The smallest absolute Gasteiger partial charge is 0.387 e. The molecule has 1 heterocycles. The Bertz CT molecular complexity index is 620. The molecule has 0 saturated heterocycles. The summed E-state index contributed by atoms with van der Waals surface area (Å²) in [7, 11) is 0. The fourth-order valence-electron chi connectivity index (χ4n) is 1.68. The Hall–Kier alpha value is -1.73. The lowest BCUT2D eigenvalue weighted by atomic mass is 10.2. The summed E-state index contributed by atoms with van der Waals surface area (Å²) in [6.07, 6.45) is 0.954. The van der Waals surface area contributed by atoms with Gasteiger partial charge in [-0.2, -0.15) is 8.78 Å². The summed E-state index contributed by atoms with van der Waals surface area (Å²) in [5.74, 6) is 0.384. The molecule has 0 atom stereocenters. The minimum absolute atomic E-state index is 0.0866. The zero-order valence-electron chi connectivity index (χ0n) is 11.4. The zero-order chi connectivity index (χ0) is 15.9. The lowest BCUT2D eigenvalue weighted by Gasteiger charge is -2.04. The molecular formula is C14H13ClF2N2O2S. The van der Waals surface area contributed by atoms with Gasteiger partial charge in [0.15, 0.2) is 5.13 Å². The highest BCUT2D eigenvalue weighted by atomic mass is 35.5. The van der Waals surface area contributed by atoms with Crippen LogP contribution in [-0.4, -0.2) is 23.4 Å². The molecule has 8 heteroatoms. The third-order valence-electron chi connectivity index (χ3n) is 2.66. The van der Waals surface area contributed by atoms with Gasteiger partial charge in [-0.3, -0.25) is 4.79 Å². The molecule has 0 aliphatic heterocycles. The number of nitrogens with zero attached hydrogens (tertiary/aromatic N) is 1. The van der Waals surface area contributed by atoms with Crippen molar-refractivity contribution in [3.63, 3.8) is 0 Å². The lowest BCUT2D eigenvalue weighted by Crippen LogP contribution is -2.10. The van der Waals surface area contributed by atoms with Gasteiger partial charge in [0, 0.05) is 23.2 Å². The van der Waals surface area contributed by atoms with Crippen LogP contribution in [0.5, 0.6) is 5.75 Å². The molecule has 118 valence electrons. The normalized spacial score (nSPS) is 10.7. The van der Waals surface area contributed by atoms with Gasteiger partial charge in [0.25, 0.3) is 0 Å². The molecule has 2 rings (SSSR count). The van der Waals surface area contributed by atoms with Crippen LogP contribution < -0.4 is 10.1 Å². The summed E-state index contributed by atoms with van der Waals surface area (Å²) in [5.41, 5.74) is 1.40. The summed E-state index contributed by atoms with van der Waals surface area (Å²) in [5, 5.41) is 4.96. The van der Waals surface area contributed by atoms with Crippen LogP contribution in [0.4, 0.5) is 13.9 Å². The van der Waals surface area contributed by atoms with Crippen LogP contribution in [0.15, 0.2) is 29.6 Å². The number of nitrogens with one attached hydrogen (secondary N) is 1. The Morgan fingerprint density at radius 1 is 1.36 bits per heavy atom. The predicted molar refractivity (Wildman–Crippen MR) is 82.8 cm³/mol. The standard InChI is InChI=1S/C14H13ClF2N2O2S/c15-7-1-2-12(20)19-14-18-11(8-22-14)9-3-5-10(6-4-9)21-13(16)17/h3-6,8,13H,1-2,7H2,(H,18,19,20). The number of alkyl halides is 3. The lowest BCUT2D eigenvalue weighted by molar-refractivity contribution is -0.116. The number of amides is 1. The van der Waals surface area contributed by atoms with E-state index < -0.39 is 6.61 Å². The maximum Gasteiger partial charge on any atom is 0.387 e. The topological polar surface area (TPSA) is 51.2 Å². The van der Waals surface area contributed by atoms with E-state index in [1.54, 1.807) is 17.5 Å². The number of halogens is 3. The van der Waals surface area contributed by atoms with Crippen LogP contribution >= 0.6 is 22.9 Å². The molecule has 0 unspecified atom stereocenters. The third kappa shape index (κ3) is 4.92. The molecule has 0 bridgehead atoms. The first-order valence-corrected chi connectivity index (χ1v) is 7.86. The number of hydrogen-bond acceptors (Lipinski definition) is 4. The molecule has 1 N–H and O–H groups in total. The van der Waals surface area contributed by atoms with E-state index in [4.69, 9.17) is 11.6 Å². The highest BCUT2D eigenvalue weighted by molar-refractivity contribution is 7.14. The number of carbonyl (C=O) groups is 1. The molecule has 0 aliphatic rings. The van der Waals surface area contributed by atoms with Crippen LogP contribution in [0, 0.1) is 0 Å². The molecule has 2 aromatic rings. The van der Waals surface area contributed by atoms with Crippen molar-refractivity contribution < 1.29 is 18.3 Å². The van der Waals surface area contributed by atoms with Crippen molar-refractivity contribution in [2.75, 3.05) is 11.2 Å². The quantitative estimate of drug-likeness (QED) is 0.757. The molecule has 1 aromatic heterocycles. The van der Waals surface area contributed by atoms with E-state index in [-0.39, 0.29) is 11.7 Å². The maximum atomic E-state index is 12.1. The average Bonchev–Trinajstić information content (AvgIpc) is 2.93. The van der Waals surface area contributed by atoms with Crippen molar-refractivity contribution in [1.29, 1.82) is 0 Å². The molecule has 4 nitrogen and oxygen atoms in total. The Morgan fingerprint density at radius 2 is 2.09 bits per heavy atom. The largest absolute Gasteiger partial charge is 0.435 e. The molecule has 0 saturated carbocycles. The van der Waals surface area contributed by atoms with Gasteiger partial charge in [-0.15, -0.1) is 22.9 Å². The molecule has 0 radical (unpaired) electrons. The molecule has 0 spiro atoms. The van der Waals surface area contributed by atoms with Gasteiger partial charge in [-0.05, 0) is 30.7 Å². The average molecular weight is 347 g/mol. The van der Waals surface area contributed by atoms with Crippen molar-refractivity contribution in [2.45, 2.75) is 19.5 Å². The minimum atomic E-state index is -2.85.